The first-order valence-electron chi connectivity index (χ1n) is 6.16. The third-order valence-corrected chi connectivity index (χ3v) is 3.66. The zero-order valence-electron chi connectivity index (χ0n) is 10.2. The molecule has 1 heterocycles. The summed E-state index contributed by atoms with van der Waals surface area (Å²) in [6.07, 6.45) is 6.53. The van der Waals surface area contributed by atoms with Crippen LogP contribution in [0.25, 0.3) is 0 Å². The first-order valence-corrected chi connectivity index (χ1v) is 6.59. The average Bonchev–Trinajstić information content (AvgIpc) is 2.37. The minimum Gasteiger partial charge on any atom is -0.495 e. The first kappa shape index (κ1) is 12.5. The van der Waals surface area contributed by atoms with Gasteiger partial charge in [-0.15, -0.1) is 11.6 Å². The summed E-state index contributed by atoms with van der Waals surface area (Å²) in [5.74, 6) is 2.37. The van der Waals surface area contributed by atoms with E-state index in [-0.39, 0.29) is 0 Å². The van der Waals surface area contributed by atoms with Crippen LogP contribution in [0.15, 0.2) is 18.3 Å². The third kappa shape index (κ3) is 3.77. The summed E-state index contributed by atoms with van der Waals surface area (Å²) < 4.78 is 5.07. The molecule has 1 aromatic heterocycles. The molecular weight excluding hydrogens is 236 g/mol. The Hall–Kier alpha value is -0.960. The standard InChI is InChI=1S/C13H19ClN2O/c1-17-12-5-6-13(16-9-12)15-8-10-3-2-4-11(14)7-10/h5-6,9-11H,2-4,7-8H2,1H3,(H,15,16). The molecule has 17 heavy (non-hydrogen) atoms. The molecule has 1 fully saturated rings. The van der Waals surface area contributed by atoms with Crippen molar-refractivity contribution in [2.24, 2.45) is 5.92 Å². The highest BCUT2D eigenvalue weighted by Crippen LogP contribution is 2.27. The van der Waals surface area contributed by atoms with Gasteiger partial charge in [-0.2, -0.15) is 0 Å². The van der Waals surface area contributed by atoms with Gasteiger partial charge in [0.15, 0.2) is 0 Å². The second kappa shape index (κ2) is 6.10. The van der Waals surface area contributed by atoms with Crippen molar-refractivity contribution in [3.8, 4) is 5.75 Å². The van der Waals surface area contributed by atoms with Crippen LogP contribution >= 0.6 is 11.6 Å². The maximum absolute atomic E-state index is 6.17. The SMILES string of the molecule is COc1ccc(NCC2CCCC(Cl)C2)nc1. The minimum atomic E-state index is 0.361. The van der Waals surface area contributed by atoms with Crippen LogP contribution in [0.3, 0.4) is 0 Å². The van der Waals surface area contributed by atoms with Gasteiger partial charge in [0.25, 0.3) is 0 Å². The predicted octanol–water partition coefficient (Wildman–Crippen LogP) is 3.30. The lowest BCUT2D eigenvalue weighted by molar-refractivity contribution is 0.378. The number of aromatic nitrogens is 1. The van der Waals surface area contributed by atoms with Crippen LogP contribution in [-0.2, 0) is 0 Å². The van der Waals surface area contributed by atoms with Crippen molar-refractivity contribution in [3.05, 3.63) is 18.3 Å². The van der Waals surface area contributed by atoms with Gasteiger partial charge in [0, 0.05) is 11.9 Å². The van der Waals surface area contributed by atoms with Crippen LogP contribution in [-0.4, -0.2) is 24.0 Å². The molecule has 1 N–H and O–H groups in total. The van der Waals surface area contributed by atoms with Gasteiger partial charge >= 0.3 is 0 Å². The van der Waals surface area contributed by atoms with E-state index in [0.29, 0.717) is 11.3 Å². The number of hydrogen-bond acceptors (Lipinski definition) is 3. The summed E-state index contributed by atoms with van der Waals surface area (Å²) in [4.78, 5) is 4.28. The summed E-state index contributed by atoms with van der Waals surface area (Å²) in [7, 11) is 1.65. The van der Waals surface area contributed by atoms with Crippen molar-refractivity contribution in [1.82, 2.24) is 4.98 Å². The number of methoxy groups -OCH3 is 1. The Balaban J connectivity index is 1.80. The van der Waals surface area contributed by atoms with Crippen LogP contribution in [0.4, 0.5) is 5.82 Å². The highest BCUT2D eigenvalue weighted by atomic mass is 35.5. The molecule has 1 saturated carbocycles. The van der Waals surface area contributed by atoms with Crippen LogP contribution in [0.2, 0.25) is 0 Å². The van der Waals surface area contributed by atoms with E-state index >= 15 is 0 Å². The van der Waals surface area contributed by atoms with Crippen LogP contribution in [0.1, 0.15) is 25.7 Å². The number of nitrogens with one attached hydrogen (secondary N) is 1. The summed E-state index contributed by atoms with van der Waals surface area (Å²) in [5, 5.41) is 3.72. The van der Waals surface area contributed by atoms with Gasteiger partial charge in [0.2, 0.25) is 0 Å². The smallest absolute Gasteiger partial charge is 0.137 e. The number of nitrogens with zero attached hydrogens (tertiary/aromatic N) is 1. The molecule has 0 radical (unpaired) electrons. The van der Waals surface area contributed by atoms with Crippen molar-refractivity contribution in [1.29, 1.82) is 0 Å². The van der Waals surface area contributed by atoms with E-state index in [4.69, 9.17) is 16.3 Å². The Kier molecular flexibility index (Phi) is 4.49. The molecule has 0 amide bonds. The fraction of sp³-hybridized carbons (Fsp3) is 0.615. The quantitative estimate of drug-likeness (QED) is 0.838. The van der Waals surface area contributed by atoms with E-state index in [1.807, 2.05) is 12.1 Å². The van der Waals surface area contributed by atoms with Crippen LogP contribution < -0.4 is 10.1 Å². The van der Waals surface area contributed by atoms with E-state index in [1.165, 1.54) is 19.3 Å². The fourth-order valence-corrected chi connectivity index (χ4v) is 2.67. The van der Waals surface area contributed by atoms with E-state index in [9.17, 15) is 0 Å². The Morgan fingerprint density at radius 3 is 3.00 bits per heavy atom. The van der Waals surface area contributed by atoms with Gasteiger partial charge in [-0.05, 0) is 37.3 Å². The second-order valence-electron chi connectivity index (χ2n) is 4.59. The molecule has 3 nitrogen and oxygen atoms in total. The first-order chi connectivity index (χ1) is 8.28. The number of pyridine rings is 1. The topological polar surface area (TPSA) is 34.1 Å². The summed E-state index contributed by atoms with van der Waals surface area (Å²) >= 11 is 6.17. The average molecular weight is 255 g/mol. The monoisotopic (exact) mass is 254 g/mol. The molecule has 2 atom stereocenters. The van der Waals surface area contributed by atoms with Gasteiger partial charge in [-0.3, -0.25) is 0 Å². The lowest BCUT2D eigenvalue weighted by Crippen LogP contribution is -2.22. The maximum Gasteiger partial charge on any atom is 0.137 e. The third-order valence-electron chi connectivity index (χ3n) is 3.26. The number of hydrogen-bond donors (Lipinski definition) is 1. The van der Waals surface area contributed by atoms with E-state index in [1.54, 1.807) is 13.3 Å². The molecule has 0 bridgehead atoms. The zero-order valence-corrected chi connectivity index (χ0v) is 10.9. The van der Waals surface area contributed by atoms with Gasteiger partial charge in [-0.25, -0.2) is 4.98 Å². The van der Waals surface area contributed by atoms with Gasteiger partial charge in [0.1, 0.15) is 11.6 Å². The van der Waals surface area contributed by atoms with Crippen molar-refractivity contribution in [3.63, 3.8) is 0 Å². The normalized spacial score (nSPS) is 24.4. The minimum absolute atomic E-state index is 0.361. The van der Waals surface area contributed by atoms with E-state index < -0.39 is 0 Å². The molecular formula is C13H19ClN2O. The Bertz CT molecular complexity index is 342. The predicted molar refractivity (Wildman–Crippen MR) is 70.9 cm³/mol. The Morgan fingerprint density at radius 1 is 1.47 bits per heavy atom. The molecule has 1 aliphatic rings. The molecule has 0 aromatic carbocycles. The van der Waals surface area contributed by atoms with Crippen molar-refractivity contribution < 1.29 is 4.74 Å². The fourth-order valence-electron chi connectivity index (χ4n) is 2.27. The largest absolute Gasteiger partial charge is 0.495 e. The van der Waals surface area contributed by atoms with Crippen molar-refractivity contribution in [2.75, 3.05) is 19.0 Å². The number of anilines is 1. The molecule has 4 heteroatoms. The Labute approximate surface area is 108 Å². The second-order valence-corrected chi connectivity index (χ2v) is 5.21. The zero-order chi connectivity index (χ0) is 12.1. The van der Waals surface area contributed by atoms with Crippen molar-refractivity contribution in [2.45, 2.75) is 31.1 Å². The maximum atomic E-state index is 6.17. The van der Waals surface area contributed by atoms with Crippen LogP contribution in [0.5, 0.6) is 5.75 Å². The summed E-state index contributed by atoms with van der Waals surface area (Å²) in [6, 6.07) is 3.86. The molecule has 94 valence electrons. The lowest BCUT2D eigenvalue weighted by Gasteiger charge is -2.25. The molecule has 0 aliphatic heterocycles. The van der Waals surface area contributed by atoms with E-state index in [2.05, 4.69) is 10.3 Å². The number of halogens is 1. The molecule has 1 aromatic rings. The number of alkyl halides is 1. The molecule has 1 aliphatic carbocycles. The summed E-state index contributed by atoms with van der Waals surface area (Å²) in [6.45, 7) is 0.961. The highest BCUT2D eigenvalue weighted by molar-refractivity contribution is 6.20. The van der Waals surface area contributed by atoms with Crippen LogP contribution in [0, 0.1) is 5.92 Å². The molecule has 2 rings (SSSR count). The number of rotatable bonds is 4. The van der Waals surface area contributed by atoms with Gasteiger partial charge < -0.3 is 10.1 Å². The molecule has 2 unspecified atom stereocenters. The van der Waals surface area contributed by atoms with E-state index in [0.717, 1.165) is 24.5 Å². The Morgan fingerprint density at radius 2 is 2.35 bits per heavy atom. The lowest BCUT2D eigenvalue weighted by atomic mass is 9.89. The van der Waals surface area contributed by atoms with Gasteiger partial charge in [0.05, 0.1) is 13.3 Å². The highest BCUT2D eigenvalue weighted by Gasteiger charge is 2.19. The number of ether oxygens (including phenoxy) is 1. The molecule has 0 spiro atoms. The molecule has 0 saturated heterocycles. The van der Waals surface area contributed by atoms with Crippen molar-refractivity contribution >= 4 is 17.4 Å². The summed E-state index contributed by atoms with van der Waals surface area (Å²) in [5.41, 5.74) is 0. The van der Waals surface area contributed by atoms with Gasteiger partial charge in [-0.1, -0.05) is 6.42 Å².